The number of alkyl halides is 2. The molecule has 1 atom stereocenters. The van der Waals surface area contributed by atoms with Gasteiger partial charge in [0, 0.05) is 36.0 Å². The predicted octanol–water partition coefficient (Wildman–Crippen LogP) is 4.57. The van der Waals surface area contributed by atoms with Crippen molar-refractivity contribution in [2.45, 2.75) is 57.6 Å². The van der Waals surface area contributed by atoms with Crippen LogP contribution in [0.3, 0.4) is 0 Å². The van der Waals surface area contributed by atoms with Crippen LogP contribution < -0.4 is 14.8 Å². The van der Waals surface area contributed by atoms with Crippen molar-refractivity contribution in [1.82, 2.24) is 15.3 Å². The maximum Gasteiger partial charge on any atom is 0.388 e. The minimum absolute atomic E-state index is 0.0450. The molecule has 6 nitrogen and oxygen atoms in total. The smallest absolute Gasteiger partial charge is 0.388 e. The van der Waals surface area contributed by atoms with E-state index in [1.165, 1.54) is 19.4 Å². The van der Waals surface area contributed by atoms with Gasteiger partial charge >= 0.3 is 6.61 Å². The van der Waals surface area contributed by atoms with Crippen LogP contribution in [0.25, 0.3) is 0 Å². The normalized spacial score (nSPS) is 19.9. The molecule has 1 saturated carbocycles. The maximum atomic E-state index is 12.6. The van der Waals surface area contributed by atoms with E-state index in [2.05, 4.69) is 26.9 Å². The fourth-order valence-electron chi connectivity index (χ4n) is 4.07. The summed E-state index contributed by atoms with van der Waals surface area (Å²) in [7, 11) is 1.53. The zero-order valence-corrected chi connectivity index (χ0v) is 17.2. The number of hydrogen-bond acceptors (Lipinski definition) is 5. The molecule has 1 unspecified atom stereocenters. The standard InChI is InChI=1S/C22H27F2N3O3/c1-3-17(27-21(28)16-11-12-19(29-2)25-13-16)14-7-9-15(10-8-14)18-5-4-6-20(26-18)30-22(23)24/h4-6,11-15,17,22H,3,7-10H2,1-2H3,(H,27,28). The Labute approximate surface area is 175 Å². The molecule has 2 heterocycles. The molecule has 0 bridgehead atoms. The Morgan fingerprint density at radius 3 is 2.53 bits per heavy atom. The lowest BCUT2D eigenvalue weighted by atomic mass is 9.76. The zero-order chi connectivity index (χ0) is 21.5. The monoisotopic (exact) mass is 419 g/mol. The van der Waals surface area contributed by atoms with Crippen LogP contribution in [0.4, 0.5) is 8.78 Å². The Morgan fingerprint density at radius 1 is 1.17 bits per heavy atom. The van der Waals surface area contributed by atoms with Gasteiger partial charge in [-0.05, 0) is 50.2 Å². The molecule has 1 N–H and O–H groups in total. The number of amides is 1. The molecular weight excluding hydrogens is 392 g/mol. The van der Waals surface area contributed by atoms with Crippen molar-refractivity contribution in [3.63, 3.8) is 0 Å². The maximum absolute atomic E-state index is 12.6. The number of ether oxygens (including phenoxy) is 2. The predicted molar refractivity (Wildman–Crippen MR) is 108 cm³/mol. The van der Waals surface area contributed by atoms with E-state index < -0.39 is 6.61 Å². The van der Waals surface area contributed by atoms with Gasteiger partial charge in [0.2, 0.25) is 11.8 Å². The van der Waals surface area contributed by atoms with Gasteiger partial charge in [-0.3, -0.25) is 4.79 Å². The Kier molecular flexibility index (Phi) is 7.54. The lowest BCUT2D eigenvalue weighted by Gasteiger charge is -2.33. The summed E-state index contributed by atoms with van der Waals surface area (Å²) in [5.41, 5.74) is 1.29. The molecule has 0 radical (unpaired) electrons. The summed E-state index contributed by atoms with van der Waals surface area (Å²) >= 11 is 0. The molecule has 1 amide bonds. The van der Waals surface area contributed by atoms with Gasteiger partial charge in [0.05, 0.1) is 12.7 Å². The summed E-state index contributed by atoms with van der Waals surface area (Å²) in [6, 6.07) is 8.44. The number of pyridine rings is 2. The molecule has 1 aliphatic carbocycles. The van der Waals surface area contributed by atoms with Crippen molar-refractivity contribution in [2.24, 2.45) is 5.92 Å². The highest BCUT2D eigenvalue weighted by Gasteiger charge is 2.29. The summed E-state index contributed by atoms with van der Waals surface area (Å²) < 4.78 is 34.3. The van der Waals surface area contributed by atoms with Crippen molar-refractivity contribution in [2.75, 3.05) is 7.11 Å². The minimum Gasteiger partial charge on any atom is -0.481 e. The molecule has 0 aliphatic heterocycles. The van der Waals surface area contributed by atoms with E-state index in [4.69, 9.17) is 4.74 Å². The van der Waals surface area contributed by atoms with E-state index in [-0.39, 0.29) is 23.7 Å². The van der Waals surface area contributed by atoms with Crippen LogP contribution >= 0.6 is 0 Å². The topological polar surface area (TPSA) is 73.3 Å². The lowest BCUT2D eigenvalue weighted by Crippen LogP contribution is -2.41. The van der Waals surface area contributed by atoms with Crippen molar-refractivity contribution in [1.29, 1.82) is 0 Å². The molecule has 3 rings (SSSR count). The number of carbonyl (C=O) groups excluding carboxylic acids is 1. The van der Waals surface area contributed by atoms with Gasteiger partial charge in [0.1, 0.15) is 0 Å². The van der Waals surface area contributed by atoms with E-state index in [1.807, 2.05) is 6.07 Å². The largest absolute Gasteiger partial charge is 0.481 e. The van der Waals surface area contributed by atoms with Gasteiger partial charge in [-0.1, -0.05) is 13.0 Å². The van der Waals surface area contributed by atoms with Gasteiger partial charge in [0.25, 0.3) is 5.91 Å². The number of methoxy groups -OCH3 is 1. The summed E-state index contributed by atoms with van der Waals surface area (Å²) in [4.78, 5) is 20.9. The fourth-order valence-corrected chi connectivity index (χ4v) is 4.07. The number of rotatable bonds is 8. The third kappa shape index (κ3) is 5.64. The van der Waals surface area contributed by atoms with Crippen LogP contribution in [0.1, 0.15) is 61.0 Å². The SMILES string of the molecule is CCC(NC(=O)c1ccc(OC)nc1)C1CCC(c2cccc(OC(F)F)n2)CC1. The van der Waals surface area contributed by atoms with Crippen molar-refractivity contribution in [3.05, 3.63) is 47.8 Å². The van der Waals surface area contributed by atoms with Gasteiger partial charge in [-0.15, -0.1) is 0 Å². The van der Waals surface area contributed by atoms with Crippen molar-refractivity contribution in [3.8, 4) is 11.8 Å². The average molecular weight is 419 g/mol. The van der Waals surface area contributed by atoms with E-state index in [0.717, 1.165) is 37.8 Å². The van der Waals surface area contributed by atoms with Crippen LogP contribution in [0.15, 0.2) is 36.5 Å². The molecule has 0 aromatic carbocycles. The van der Waals surface area contributed by atoms with E-state index in [0.29, 0.717) is 17.4 Å². The quantitative estimate of drug-likeness (QED) is 0.679. The van der Waals surface area contributed by atoms with Crippen LogP contribution in [0, 0.1) is 5.92 Å². The van der Waals surface area contributed by atoms with E-state index in [9.17, 15) is 13.6 Å². The van der Waals surface area contributed by atoms with Crippen LogP contribution in [-0.2, 0) is 0 Å². The van der Waals surface area contributed by atoms with Crippen LogP contribution in [0.5, 0.6) is 11.8 Å². The second-order valence-corrected chi connectivity index (χ2v) is 7.47. The highest BCUT2D eigenvalue weighted by molar-refractivity contribution is 5.94. The Balaban J connectivity index is 1.56. The Hall–Kier alpha value is -2.77. The number of hydrogen-bond donors (Lipinski definition) is 1. The molecule has 30 heavy (non-hydrogen) atoms. The van der Waals surface area contributed by atoms with E-state index in [1.54, 1.807) is 18.2 Å². The average Bonchev–Trinajstić information content (AvgIpc) is 2.77. The Bertz CT molecular complexity index is 825. The van der Waals surface area contributed by atoms with Gasteiger partial charge in [0.15, 0.2) is 0 Å². The molecule has 0 spiro atoms. The molecule has 0 saturated heterocycles. The summed E-state index contributed by atoms with van der Waals surface area (Å²) in [6.45, 7) is -0.811. The molecule has 8 heteroatoms. The molecule has 162 valence electrons. The molecule has 1 fully saturated rings. The number of carbonyl (C=O) groups is 1. The van der Waals surface area contributed by atoms with Crippen molar-refractivity contribution < 1.29 is 23.0 Å². The molecule has 1 aliphatic rings. The summed E-state index contributed by atoms with van der Waals surface area (Å²) in [5, 5.41) is 3.14. The van der Waals surface area contributed by atoms with Gasteiger partial charge in [-0.25, -0.2) is 9.97 Å². The minimum atomic E-state index is -2.88. The third-order valence-electron chi connectivity index (χ3n) is 5.68. The lowest BCUT2D eigenvalue weighted by molar-refractivity contribution is -0.0530. The van der Waals surface area contributed by atoms with E-state index >= 15 is 0 Å². The highest BCUT2D eigenvalue weighted by atomic mass is 19.3. The zero-order valence-electron chi connectivity index (χ0n) is 17.2. The molecular formula is C22H27F2N3O3. The first kappa shape index (κ1) is 21.9. The number of halogens is 2. The summed E-state index contributed by atoms with van der Waals surface area (Å²) in [5.74, 6) is 0.853. The first-order valence-corrected chi connectivity index (χ1v) is 10.2. The number of aromatic nitrogens is 2. The first-order chi connectivity index (χ1) is 14.5. The number of nitrogens with zero attached hydrogens (tertiary/aromatic N) is 2. The van der Waals surface area contributed by atoms with Crippen molar-refractivity contribution >= 4 is 5.91 Å². The second-order valence-electron chi connectivity index (χ2n) is 7.47. The highest BCUT2D eigenvalue weighted by Crippen LogP contribution is 2.37. The molecule has 2 aromatic heterocycles. The summed E-state index contributed by atoms with van der Waals surface area (Å²) in [6.07, 6.45) is 6.01. The van der Waals surface area contributed by atoms with Crippen LogP contribution in [-0.4, -0.2) is 35.6 Å². The fraction of sp³-hybridized carbons (Fsp3) is 0.500. The van der Waals surface area contributed by atoms with Gasteiger partial charge in [-0.2, -0.15) is 8.78 Å². The second kappa shape index (κ2) is 10.3. The third-order valence-corrected chi connectivity index (χ3v) is 5.68. The van der Waals surface area contributed by atoms with Gasteiger partial charge < -0.3 is 14.8 Å². The molecule has 2 aromatic rings. The number of nitrogens with one attached hydrogen (secondary N) is 1. The Morgan fingerprint density at radius 2 is 1.93 bits per heavy atom. The van der Waals surface area contributed by atoms with Crippen LogP contribution in [0.2, 0.25) is 0 Å². The first-order valence-electron chi connectivity index (χ1n) is 10.2.